The van der Waals surface area contributed by atoms with Crippen molar-refractivity contribution in [3.8, 4) is 5.75 Å². The number of hydrogen-bond donors (Lipinski definition) is 2. The predicted octanol–water partition coefficient (Wildman–Crippen LogP) is 2.54. The molecule has 2 aliphatic rings. The Hall–Kier alpha value is -2.32. The van der Waals surface area contributed by atoms with E-state index in [0.29, 0.717) is 5.56 Å². The van der Waals surface area contributed by atoms with E-state index < -0.39 is 30.0 Å². The van der Waals surface area contributed by atoms with Crippen LogP contribution >= 0.6 is 0 Å². The summed E-state index contributed by atoms with van der Waals surface area (Å²) in [5.74, 6) is -1.49. The topological polar surface area (TPSA) is 108 Å². The summed E-state index contributed by atoms with van der Waals surface area (Å²) in [6.07, 6.45) is -0.165. The smallest absolute Gasteiger partial charge is 0.422 e. The van der Waals surface area contributed by atoms with Crippen molar-refractivity contribution < 1.29 is 27.5 Å². The van der Waals surface area contributed by atoms with Crippen molar-refractivity contribution in [1.82, 2.24) is 4.98 Å². The standard InChI is InChI=1S/C18H22F3N3O3/c1-17(6-12(22)25,10-4-5-10)13-14(16(23)26)24-7-11(9-2-3-9)15(13)27-8-18(19,20)21/h7,9-10H,2-6,8H2,1H3,(H2,22,25)(H2,23,26)/t17-/m1/s1. The summed E-state index contributed by atoms with van der Waals surface area (Å²) in [5, 5.41) is 0. The highest BCUT2D eigenvalue weighted by atomic mass is 19.4. The van der Waals surface area contributed by atoms with Gasteiger partial charge in [-0.3, -0.25) is 14.6 Å². The molecule has 2 amide bonds. The Bertz CT molecular complexity index is 773. The zero-order chi connectivity index (χ0) is 20.0. The molecule has 0 spiro atoms. The van der Waals surface area contributed by atoms with E-state index in [2.05, 4.69) is 4.98 Å². The van der Waals surface area contributed by atoms with Crippen LogP contribution in [0.15, 0.2) is 6.20 Å². The molecular formula is C18H22F3N3O3. The normalized spacial score (nSPS) is 19.4. The van der Waals surface area contributed by atoms with E-state index in [1.165, 1.54) is 6.20 Å². The first kappa shape index (κ1) is 19.4. The molecule has 0 bridgehead atoms. The maximum Gasteiger partial charge on any atom is 0.422 e. The fraction of sp³-hybridized carbons (Fsp3) is 0.611. The second-order valence-corrected chi connectivity index (χ2v) is 7.64. The van der Waals surface area contributed by atoms with Crippen LogP contribution in [-0.4, -0.2) is 29.6 Å². The van der Waals surface area contributed by atoms with Crippen LogP contribution in [0, 0.1) is 5.92 Å². The molecule has 1 aromatic rings. The number of aromatic nitrogens is 1. The van der Waals surface area contributed by atoms with E-state index in [1.54, 1.807) is 6.92 Å². The Morgan fingerprint density at radius 1 is 1.22 bits per heavy atom. The molecule has 0 unspecified atom stereocenters. The number of carbonyl (C=O) groups is 2. The molecule has 1 atom stereocenters. The molecule has 27 heavy (non-hydrogen) atoms. The molecule has 4 N–H and O–H groups in total. The molecule has 1 aromatic heterocycles. The molecule has 0 saturated heterocycles. The summed E-state index contributed by atoms with van der Waals surface area (Å²) in [5.41, 5.74) is 10.5. The van der Waals surface area contributed by atoms with Gasteiger partial charge in [0.1, 0.15) is 11.4 Å². The second-order valence-electron chi connectivity index (χ2n) is 7.64. The summed E-state index contributed by atoms with van der Waals surface area (Å²) in [7, 11) is 0. The first-order valence-electron chi connectivity index (χ1n) is 8.84. The largest absolute Gasteiger partial charge is 0.483 e. The van der Waals surface area contributed by atoms with Crippen molar-refractivity contribution in [2.45, 2.75) is 56.5 Å². The number of ether oxygens (including phenoxy) is 1. The van der Waals surface area contributed by atoms with E-state index in [9.17, 15) is 22.8 Å². The van der Waals surface area contributed by atoms with Crippen LogP contribution in [-0.2, 0) is 10.2 Å². The highest BCUT2D eigenvalue weighted by Crippen LogP contribution is 2.55. The van der Waals surface area contributed by atoms with Crippen LogP contribution < -0.4 is 16.2 Å². The molecule has 2 saturated carbocycles. The van der Waals surface area contributed by atoms with Gasteiger partial charge in [-0.05, 0) is 37.5 Å². The lowest BCUT2D eigenvalue weighted by atomic mass is 9.73. The third kappa shape index (κ3) is 4.17. The quantitative estimate of drug-likeness (QED) is 0.717. The van der Waals surface area contributed by atoms with Crippen molar-refractivity contribution in [2.24, 2.45) is 17.4 Å². The molecular weight excluding hydrogens is 363 g/mol. The zero-order valence-electron chi connectivity index (χ0n) is 14.9. The van der Waals surface area contributed by atoms with Crippen molar-refractivity contribution in [3.63, 3.8) is 0 Å². The van der Waals surface area contributed by atoms with Gasteiger partial charge in [-0.2, -0.15) is 13.2 Å². The number of nitrogens with zero attached hydrogens (tertiary/aromatic N) is 1. The number of pyridine rings is 1. The Morgan fingerprint density at radius 2 is 1.85 bits per heavy atom. The summed E-state index contributed by atoms with van der Waals surface area (Å²) < 4.78 is 43.8. The van der Waals surface area contributed by atoms with E-state index >= 15 is 0 Å². The first-order valence-corrected chi connectivity index (χ1v) is 8.84. The minimum Gasteiger partial charge on any atom is -0.483 e. The Balaban J connectivity index is 2.19. The molecule has 2 fully saturated rings. The molecule has 1 heterocycles. The van der Waals surface area contributed by atoms with Crippen molar-refractivity contribution in [3.05, 3.63) is 23.0 Å². The van der Waals surface area contributed by atoms with Gasteiger partial charge >= 0.3 is 6.18 Å². The highest BCUT2D eigenvalue weighted by Gasteiger charge is 2.49. The highest BCUT2D eigenvalue weighted by molar-refractivity contribution is 5.94. The fourth-order valence-corrected chi connectivity index (χ4v) is 3.74. The Morgan fingerprint density at radius 3 is 2.30 bits per heavy atom. The minimum absolute atomic E-state index is 0.00686. The number of carbonyl (C=O) groups excluding carboxylic acids is 2. The summed E-state index contributed by atoms with van der Waals surface area (Å²) >= 11 is 0. The third-order valence-corrected chi connectivity index (χ3v) is 5.28. The Labute approximate surface area is 154 Å². The van der Waals surface area contributed by atoms with Gasteiger partial charge < -0.3 is 16.2 Å². The van der Waals surface area contributed by atoms with E-state index in [4.69, 9.17) is 16.2 Å². The van der Waals surface area contributed by atoms with Crippen LogP contribution in [0.5, 0.6) is 5.75 Å². The maximum absolute atomic E-state index is 12.9. The van der Waals surface area contributed by atoms with Gasteiger partial charge in [0.15, 0.2) is 6.61 Å². The number of hydrogen-bond acceptors (Lipinski definition) is 4. The van der Waals surface area contributed by atoms with Crippen LogP contribution in [0.25, 0.3) is 0 Å². The van der Waals surface area contributed by atoms with Gasteiger partial charge in [0.2, 0.25) is 5.91 Å². The van der Waals surface area contributed by atoms with Crippen LogP contribution in [0.4, 0.5) is 13.2 Å². The van der Waals surface area contributed by atoms with Crippen molar-refractivity contribution in [2.75, 3.05) is 6.61 Å². The lowest BCUT2D eigenvalue weighted by molar-refractivity contribution is -0.153. The summed E-state index contributed by atoms with van der Waals surface area (Å²) in [6, 6.07) is 0. The number of primary amides is 2. The molecule has 2 aliphatic carbocycles. The molecule has 0 radical (unpaired) electrons. The Kier molecular flexibility index (Phi) is 4.81. The van der Waals surface area contributed by atoms with Gasteiger partial charge in [0.25, 0.3) is 5.91 Å². The molecule has 9 heteroatoms. The van der Waals surface area contributed by atoms with Crippen molar-refractivity contribution in [1.29, 1.82) is 0 Å². The van der Waals surface area contributed by atoms with Crippen LogP contribution in [0.1, 0.15) is 66.6 Å². The lowest BCUT2D eigenvalue weighted by Crippen LogP contribution is -2.36. The number of alkyl halides is 3. The van der Waals surface area contributed by atoms with Crippen LogP contribution in [0.3, 0.4) is 0 Å². The monoisotopic (exact) mass is 385 g/mol. The zero-order valence-corrected chi connectivity index (χ0v) is 14.9. The lowest BCUT2D eigenvalue weighted by Gasteiger charge is -2.33. The maximum atomic E-state index is 12.9. The van der Waals surface area contributed by atoms with Gasteiger partial charge in [0.05, 0.1) is 0 Å². The van der Waals surface area contributed by atoms with E-state index in [-0.39, 0.29) is 35.3 Å². The van der Waals surface area contributed by atoms with Crippen LogP contribution in [0.2, 0.25) is 0 Å². The van der Waals surface area contributed by atoms with Gasteiger partial charge in [0, 0.05) is 29.2 Å². The fourth-order valence-electron chi connectivity index (χ4n) is 3.74. The number of rotatable bonds is 8. The predicted molar refractivity (Wildman–Crippen MR) is 90.2 cm³/mol. The summed E-state index contributed by atoms with van der Waals surface area (Å²) in [6.45, 7) is 0.218. The molecule has 0 aliphatic heterocycles. The number of nitrogens with two attached hydrogens (primary N) is 2. The third-order valence-electron chi connectivity index (χ3n) is 5.28. The first-order chi connectivity index (χ1) is 12.5. The number of halogens is 3. The second kappa shape index (κ2) is 6.69. The van der Waals surface area contributed by atoms with Gasteiger partial charge in [-0.15, -0.1) is 0 Å². The van der Waals surface area contributed by atoms with Gasteiger partial charge in [-0.25, -0.2) is 0 Å². The van der Waals surface area contributed by atoms with E-state index in [1.807, 2.05) is 0 Å². The number of amides is 2. The van der Waals surface area contributed by atoms with E-state index in [0.717, 1.165) is 25.7 Å². The van der Waals surface area contributed by atoms with Crippen molar-refractivity contribution >= 4 is 11.8 Å². The molecule has 6 nitrogen and oxygen atoms in total. The molecule has 3 rings (SSSR count). The molecule has 0 aromatic carbocycles. The molecule has 148 valence electrons. The summed E-state index contributed by atoms with van der Waals surface area (Å²) in [4.78, 5) is 27.9. The SMILES string of the molecule is C[C@](CC(N)=O)(c1c(C(N)=O)ncc(C2CC2)c1OCC(F)(F)F)C1CC1. The minimum atomic E-state index is -4.55. The van der Waals surface area contributed by atoms with Gasteiger partial charge in [-0.1, -0.05) is 6.92 Å². The average molecular weight is 385 g/mol. The average Bonchev–Trinajstić information content (AvgIpc) is 3.43.